The first-order valence-electron chi connectivity index (χ1n) is 10.7. The van der Waals surface area contributed by atoms with Gasteiger partial charge in [0.1, 0.15) is 23.8 Å². The van der Waals surface area contributed by atoms with Crippen molar-refractivity contribution in [3.8, 4) is 6.07 Å². The maximum atomic E-state index is 14.1. The number of furan rings is 1. The molecule has 34 heavy (non-hydrogen) atoms. The van der Waals surface area contributed by atoms with Gasteiger partial charge in [-0.15, -0.1) is 0 Å². The summed E-state index contributed by atoms with van der Waals surface area (Å²) in [7, 11) is 2.07. The highest BCUT2D eigenvalue weighted by molar-refractivity contribution is 9.10. The number of rotatable bonds is 6. The Morgan fingerprint density at radius 3 is 2.88 bits per heavy atom. The normalized spacial score (nSPS) is 15.8. The van der Waals surface area contributed by atoms with E-state index in [1.165, 1.54) is 24.3 Å². The third kappa shape index (κ3) is 5.03. The second-order valence-corrected chi connectivity index (χ2v) is 9.37. The van der Waals surface area contributed by atoms with E-state index < -0.39 is 17.8 Å². The number of fused-ring (bicyclic) bond motifs is 1. The Kier molecular flexibility index (Phi) is 7.38. The van der Waals surface area contributed by atoms with Crippen molar-refractivity contribution in [2.24, 2.45) is 0 Å². The number of hydrogen-bond acceptors (Lipinski definition) is 7. The first-order chi connectivity index (χ1) is 16.3. The van der Waals surface area contributed by atoms with Gasteiger partial charge < -0.3 is 25.1 Å². The minimum absolute atomic E-state index is 0.0289. The number of aliphatic hydroxyl groups is 1. The molecule has 0 saturated carbocycles. The quantitative estimate of drug-likeness (QED) is 0.421. The maximum absolute atomic E-state index is 14.1. The van der Waals surface area contributed by atoms with E-state index in [4.69, 9.17) is 16.0 Å². The Hall–Kier alpha value is -2.71. The molecular formula is C23H22BrClFN5O3. The lowest BCUT2D eigenvalue weighted by atomic mass is 10.1. The average molecular weight is 551 g/mol. The molecule has 4 rings (SSSR count). The number of piperidine rings is 1. The van der Waals surface area contributed by atoms with Gasteiger partial charge in [0.25, 0.3) is 5.91 Å². The van der Waals surface area contributed by atoms with Gasteiger partial charge in [-0.25, -0.2) is 9.37 Å². The molecule has 8 nitrogen and oxygen atoms in total. The zero-order valence-corrected chi connectivity index (χ0v) is 20.6. The van der Waals surface area contributed by atoms with Crippen molar-refractivity contribution < 1.29 is 18.7 Å². The van der Waals surface area contributed by atoms with Crippen LogP contribution in [0.3, 0.4) is 0 Å². The molecule has 1 amide bonds. The van der Waals surface area contributed by atoms with E-state index in [0.717, 1.165) is 25.9 Å². The van der Waals surface area contributed by atoms with Crippen LogP contribution < -0.4 is 10.6 Å². The Balaban J connectivity index is 1.61. The van der Waals surface area contributed by atoms with Crippen molar-refractivity contribution in [1.82, 2.24) is 15.2 Å². The van der Waals surface area contributed by atoms with Crippen molar-refractivity contribution in [2.45, 2.75) is 25.0 Å². The Bertz CT molecular complexity index is 1250. The number of amides is 1. The number of nitriles is 1. The second kappa shape index (κ2) is 10.3. The Labute approximate surface area is 208 Å². The van der Waals surface area contributed by atoms with E-state index in [1.807, 2.05) is 6.07 Å². The summed E-state index contributed by atoms with van der Waals surface area (Å²) in [5.74, 6) is -0.835. The van der Waals surface area contributed by atoms with Gasteiger partial charge in [-0.1, -0.05) is 17.7 Å². The van der Waals surface area contributed by atoms with E-state index >= 15 is 0 Å². The molecular weight excluding hydrogens is 529 g/mol. The largest absolute Gasteiger partial charge is 0.443 e. The lowest BCUT2D eigenvalue weighted by Crippen LogP contribution is -2.37. The number of nitrogens with zero attached hydrogens (tertiary/aromatic N) is 3. The van der Waals surface area contributed by atoms with Crippen molar-refractivity contribution in [1.29, 1.82) is 5.26 Å². The molecule has 0 aliphatic carbocycles. The van der Waals surface area contributed by atoms with Crippen molar-refractivity contribution in [2.75, 3.05) is 32.0 Å². The van der Waals surface area contributed by atoms with E-state index in [1.54, 1.807) is 0 Å². The number of carbonyl (C=O) groups excluding carboxylic acids is 1. The molecule has 2 aromatic heterocycles. The van der Waals surface area contributed by atoms with Crippen molar-refractivity contribution >= 4 is 50.2 Å². The molecule has 1 unspecified atom stereocenters. The monoisotopic (exact) mass is 549 g/mol. The van der Waals surface area contributed by atoms with E-state index in [0.29, 0.717) is 15.7 Å². The van der Waals surface area contributed by atoms with Crippen LogP contribution in [0.25, 0.3) is 11.0 Å². The van der Waals surface area contributed by atoms with Crippen molar-refractivity contribution in [3.63, 3.8) is 0 Å². The second-order valence-electron chi connectivity index (χ2n) is 8.17. The fourth-order valence-corrected chi connectivity index (χ4v) is 4.71. The first kappa shape index (κ1) is 24.4. The molecule has 1 aliphatic rings. The molecule has 1 atom stereocenters. The van der Waals surface area contributed by atoms with Crippen LogP contribution in [0.5, 0.6) is 0 Å². The van der Waals surface area contributed by atoms with Gasteiger partial charge in [-0.3, -0.25) is 4.79 Å². The van der Waals surface area contributed by atoms with Crippen LogP contribution in [-0.4, -0.2) is 53.6 Å². The summed E-state index contributed by atoms with van der Waals surface area (Å²) in [6.07, 6.45) is 0.454. The predicted octanol–water partition coefficient (Wildman–Crippen LogP) is 4.22. The number of likely N-dealkylation sites (tertiary alicyclic amines) is 1. The summed E-state index contributed by atoms with van der Waals surface area (Å²) in [5.41, 5.74) is -0.0250. The standard InChI is InChI=1S/C23H22BrClFN5O3/c1-31-7-5-12(6-8-31)29-22-19(24)14-9-13(10-27)34-21(14)20(30-22)23(33)28-11-17(32)18-15(25)3-2-4-16(18)26/h2-4,9,12,17,32H,5-8,11H2,1H3,(H,28,33)(H,29,30). The summed E-state index contributed by atoms with van der Waals surface area (Å²) in [5, 5.41) is 26.2. The number of halogens is 3. The molecule has 0 radical (unpaired) electrons. The minimum Gasteiger partial charge on any atom is -0.443 e. The van der Waals surface area contributed by atoms with E-state index in [2.05, 4.69) is 43.5 Å². The molecule has 1 saturated heterocycles. The van der Waals surface area contributed by atoms with Crippen LogP contribution in [0.1, 0.15) is 40.8 Å². The molecule has 1 aromatic carbocycles. The summed E-state index contributed by atoms with van der Waals surface area (Å²) in [4.78, 5) is 19.8. The zero-order valence-electron chi connectivity index (χ0n) is 18.2. The zero-order chi connectivity index (χ0) is 24.4. The van der Waals surface area contributed by atoms with Gasteiger partial charge in [0.15, 0.2) is 11.3 Å². The van der Waals surface area contributed by atoms with Gasteiger partial charge >= 0.3 is 0 Å². The predicted molar refractivity (Wildman–Crippen MR) is 129 cm³/mol. The fourth-order valence-electron chi connectivity index (χ4n) is 3.92. The number of aromatic nitrogens is 1. The number of anilines is 1. The van der Waals surface area contributed by atoms with Crippen LogP contribution in [-0.2, 0) is 0 Å². The van der Waals surface area contributed by atoms with Crippen LogP contribution >= 0.6 is 27.5 Å². The lowest BCUT2D eigenvalue weighted by Gasteiger charge is -2.30. The van der Waals surface area contributed by atoms with Gasteiger partial charge in [-0.05, 0) is 61.0 Å². The third-order valence-corrected chi connectivity index (χ3v) is 6.92. The van der Waals surface area contributed by atoms with E-state index in [-0.39, 0.29) is 40.2 Å². The highest BCUT2D eigenvalue weighted by Crippen LogP contribution is 2.35. The topological polar surface area (TPSA) is 114 Å². The molecule has 178 valence electrons. The van der Waals surface area contributed by atoms with Crippen LogP contribution in [0.15, 0.2) is 33.2 Å². The number of hydrogen-bond donors (Lipinski definition) is 3. The molecule has 0 spiro atoms. The van der Waals surface area contributed by atoms with Crippen LogP contribution in [0, 0.1) is 17.1 Å². The number of pyridine rings is 1. The lowest BCUT2D eigenvalue weighted by molar-refractivity contribution is 0.0910. The maximum Gasteiger partial charge on any atom is 0.273 e. The minimum atomic E-state index is -1.37. The molecule has 3 heterocycles. The number of aliphatic hydroxyl groups excluding tert-OH is 1. The number of nitrogens with one attached hydrogen (secondary N) is 2. The molecule has 11 heteroatoms. The molecule has 1 fully saturated rings. The van der Waals surface area contributed by atoms with Gasteiger partial charge in [0.05, 0.1) is 4.47 Å². The summed E-state index contributed by atoms with van der Waals surface area (Å²) in [6, 6.07) is 7.70. The van der Waals surface area contributed by atoms with Gasteiger partial charge in [0.2, 0.25) is 5.76 Å². The molecule has 1 aliphatic heterocycles. The van der Waals surface area contributed by atoms with Gasteiger partial charge in [-0.2, -0.15) is 5.26 Å². The highest BCUT2D eigenvalue weighted by Gasteiger charge is 2.25. The average Bonchev–Trinajstić information content (AvgIpc) is 3.25. The summed E-state index contributed by atoms with van der Waals surface area (Å²) < 4.78 is 20.2. The Morgan fingerprint density at radius 1 is 1.47 bits per heavy atom. The number of benzene rings is 1. The molecule has 3 aromatic rings. The van der Waals surface area contributed by atoms with Crippen molar-refractivity contribution in [3.05, 3.63) is 56.6 Å². The molecule has 3 N–H and O–H groups in total. The number of carbonyl (C=O) groups is 1. The third-order valence-electron chi connectivity index (χ3n) is 5.79. The SMILES string of the molecule is CN1CCC(Nc2nc(C(=O)NCC(O)c3c(F)cccc3Cl)c3oc(C#N)cc3c2Br)CC1. The van der Waals surface area contributed by atoms with Crippen LogP contribution in [0.4, 0.5) is 10.2 Å². The summed E-state index contributed by atoms with van der Waals surface area (Å²) >= 11 is 9.53. The van der Waals surface area contributed by atoms with Crippen LogP contribution in [0.2, 0.25) is 5.02 Å². The Morgan fingerprint density at radius 2 is 2.21 bits per heavy atom. The van der Waals surface area contributed by atoms with Gasteiger partial charge in [0, 0.05) is 34.6 Å². The van der Waals surface area contributed by atoms with E-state index in [9.17, 15) is 19.6 Å². The first-order valence-corrected chi connectivity index (χ1v) is 11.8. The summed E-state index contributed by atoms with van der Waals surface area (Å²) in [6.45, 7) is 1.57. The molecule has 0 bridgehead atoms. The highest BCUT2D eigenvalue weighted by atomic mass is 79.9. The smallest absolute Gasteiger partial charge is 0.273 e. The fraction of sp³-hybridized carbons (Fsp3) is 0.348.